The number of aromatic nitrogens is 2. The van der Waals surface area contributed by atoms with Gasteiger partial charge in [-0.3, -0.25) is 9.88 Å². The lowest BCUT2D eigenvalue weighted by Gasteiger charge is -2.12. The summed E-state index contributed by atoms with van der Waals surface area (Å²) in [6.45, 7) is 0. The highest BCUT2D eigenvalue weighted by molar-refractivity contribution is 5.75. The van der Waals surface area contributed by atoms with Crippen molar-refractivity contribution in [2.75, 3.05) is 11.9 Å². The van der Waals surface area contributed by atoms with E-state index in [4.69, 9.17) is 4.42 Å². The fraction of sp³-hybridized carbons (Fsp3) is 0.0769. The molecule has 0 bridgehead atoms. The average Bonchev–Trinajstić information content (AvgIpc) is 2.82. The van der Waals surface area contributed by atoms with Crippen molar-refractivity contribution in [2.45, 2.75) is 0 Å². The first-order chi connectivity index (χ1) is 8.34. The van der Waals surface area contributed by atoms with Crippen molar-refractivity contribution < 1.29 is 4.42 Å². The maximum atomic E-state index is 5.67. The molecule has 0 N–H and O–H groups in total. The molecule has 84 valence electrons. The summed E-state index contributed by atoms with van der Waals surface area (Å²) in [6, 6.07) is 12.1. The van der Waals surface area contributed by atoms with Gasteiger partial charge in [-0.1, -0.05) is 12.1 Å². The number of oxazole rings is 1. The molecule has 0 atom stereocenters. The Hall–Kier alpha value is -2.36. The maximum absolute atomic E-state index is 5.67. The molecule has 2 heterocycles. The molecule has 3 aromatic rings. The van der Waals surface area contributed by atoms with Crippen LogP contribution in [0, 0.1) is 0 Å². The lowest BCUT2D eigenvalue weighted by atomic mass is 10.3. The Bertz CT molecular complexity index is 600. The molecular weight excluding hydrogens is 214 g/mol. The zero-order valence-electron chi connectivity index (χ0n) is 9.37. The second kappa shape index (κ2) is 3.90. The third kappa shape index (κ3) is 1.73. The molecule has 0 amide bonds. The Morgan fingerprint density at radius 3 is 2.76 bits per heavy atom. The van der Waals surface area contributed by atoms with E-state index in [1.807, 2.05) is 48.3 Å². The first-order valence-corrected chi connectivity index (χ1v) is 5.34. The fourth-order valence-electron chi connectivity index (χ4n) is 1.67. The van der Waals surface area contributed by atoms with Gasteiger partial charge in [0.25, 0.3) is 0 Å². The van der Waals surface area contributed by atoms with Crippen LogP contribution in [-0.2, 0) is 0 Å². The summed E-state index contributed by atoms with van der Waals surface area (Å²) < 4.78 is 5.67. The van der Waals surface area contributed by atoms with E-state index in [0.29, 0.717) is 6.01 Å². The number of fused-ring (bicyclic) bond motifs is 1. The molecule has 4 nitrogen and oxygen atoms in total. The van der Waals surface area contributed by atoms with Crippen molar-refractivity contribution in [3.05, 3.63) is 48.8 Å². The molecule has 1 aromatic carbocycles. The van der Waals surface area contributed by atoms with Crippen molar-refractivity contribution in [3.8, 4) is 0 Å². The van der Waals surface area contributed by atoms with Crippen molar-refractivity contribution in [3.63, 3.8) is 0 Å². The van der Waals surface area contributed by atoms with Gasteiger partial charge in [0.05, 0.1) is 11.9 Å². The minimum atomic E-state index is 0.569. The number of pyridine rings is 1. The van der Waals surface area contributed by atoms with Crippen LogP contribution >= 0.6 is 0 Å². The fourth-order valence-corrected chi connectivity index (χ4v) is 1.67. The Morgan fingerprint density at radius 2 is 2.00 bits per heavy atom. The van der Waals surface area contributed by atoms with Crippen molar-refractivity contribution in [1.82, 2.24) is 9.97 Å². The summed E-state index contributed by atoms with van der Waals surface area (Å²) in [5.41, 5.74) is 2.59. The van der Waals surface area contributed by atoms with Crippen LogP contribution in [0.3, 0.4) is 0 Å². The van der Waals surface area contributed by atoms with Gasteiger partial charge in [-0.15, -0.1) is 0 Å². The van der Waals surface area contributed by atoms with Gasteiger partial charge in [0.2, 0.25) is 0 Å². The molecule has 0 aliphatic carbocycles. The molecule has 0 fully saturated rings. The molecule has 0 radical (unpaired) electrons. The zero-order valence-corrected chi connectivity index (χ0v) is 9.37. The molecular formula is C13H11N3O. The third-order valence-corrected chi connectivity index (χ3v) is 2.60. The monoisotopic (exact) mass is 225 g/mol. The van der Waals surface area contributed by atoms with Gasteiger partial charge in [0, 0.05) is 13.2 Å². The highest BCUT2D eigenvalue weighted by atomic mass is 16.4. The molecule has 17 heavy (non-hydrogen) atoms. The highest BCUT2D eigenvalue weighted by Crippen LogP contribution is 2.25. The number of benzene rings is 1. The predicted octanol–water partition coefficient (Wildman–Crippen LogP) is 2.99. The van der Waals surface area contributed by atoms with Gasteiger partial charge in [0.1, 0.15) is 5.52 Å². The summed E-state index contributed by atoms with van der Waals surface area (Å²) in [7, 11) is 1.90. The summed E-state index contributed by atoms with van der Waals surface area (Å²) >= 11 is 0. The van der Waals surface area contributed by atoms with Gasteiger partial charge in [-0.25, -0.2) is 0 Å². The van der Waals surface area contributed by atoms with Crippen LogP contribution in [0.5, 0.6) is 0 Å². The summed E-state index contributed by atoms with van der Waals surface area (Å²) in [5, 5.41) is 0. The van der Waals surface area contributed by atoms with E-state index in [1.165, 1.54) is 0 Å². The molecule has 0 saturated heterocycles. The second-order valence-electron chi connectivity index (χ2n) is 3.73. The van der Waals surface area contributed by atoms with E-state index in [9.17, 15) is 0 Å². The largest absolute Gasteiger partial charge is 0.423 e. The molecule has 3 rings (SSSR count). The number of hydrogen-bond donors (Lipinski definition) is 0. The number of hydrogen-bond acceptors (Lipinski definition) is 4. The van der Waals surface area contributed by atoms with Crippen molar-refractivity contribution >= 4 is 22.8 Å². The number of nitrogens with zero attached hydrogens (tertiary/aromatic N) is 3. The minimum Gasteiger partial charge on any atom is -0.423 e. The SMILES string of the molecule is CN(c1cccnc1)c1nc2ccccc2o1. The molecule has 0 aliphatic heterocycles. The molecule has 0 aliphatic rings. The van der Waals surface area contributed by atoms with Crippen LogP contribution in [0.15, 0.2) is 53.2 Å². The number of rotatable bonds is 2. The molecule has 0 saturated carbocycles. The lowest BCUT2D eigenvalue weighted by Crippen LogP contribution is -2.09. The van der Waals surface area contributed by atoms with E-state index in [1.54, 1.807) is 12.4 Å². The van der Waals surface area contributed by atoms with Gasteiger partial charge >= 0.3 is 6.01 Å². The van der Waals surface area contributed by atoms with Gasteiger partial charge in [0.15, 0.2) is 5.58 Å². The second-order valence-corrected chi connectivity index (χ2v) is 3.73. The maximum Gasteiger partial charge on any atom is 0.302 e. The molecule has 0 spiro atoms. The van der Waals surface area contributed by atoms with Crippen LogP contribution in [-0.4, -0.2) is 17.0 Å². The Balaban J connectivity index is 2.04. The van der Waals surface area contributed by atoms with E-state index in [-0.39, 0.29) is 0 Å². The van der Waals surface area contributed by atoms with E-state index in [0.717, 1.165) is 16.8 Å². The van der Waals surface area contributed by atoms with Crippen LogP contribution in [0.1, 0.15) is 0 Å². The summed E-state index contributed by atoms with van der Waals surface area (Å²) in [6.07, 6.45) is 3.51. The first-order valence-electron chi connectivity index (χ1n) is 5.34. The number of para-hydroxylation sites is 2. The van der Waals surface area contributed by atoms with Crippen LogP contribution < -0.4 is 4.90 Å². The highest BCUT2D eigenvalue weighted by Gasteiger charge is 2.11. The van der Waals surface area contributed by atoms with Crippen LogP contribution in [0.2, 0.25) is 0 Å². The third-order valence-electron chi connectivity index (χ3n) is 2.60. The van der Waals surface area contributed by atoms with E-state index >= 15 is 0 Å². The lowest BCUT2D eigenvalue weighted by molar-refractivity contribution is 0.603. The molecule has 2 aromatic heterocycles. The summed E-state index contributed by atoms with van der Waals surface area (Å²) in [5.74, 6) is 0. The normalized spacial score (nSPS) is 10.6. The Morgan fingerprint density at radius 1 is 1.12 bits per heavy atom. The van der Waals surface area contributed by atoms with Crippen molar-refractivity contribution in [2.24, 2.45) is 0 Å². The predicted molar refractivity (Wildman–Crippen MR) is 66.3 cm³/mol. The van der Waals surface area contributed by atoms with Gasteiger partial charge in [-0.2, -0.15) is 4.98 Å². The Kier molecular flexibility index (Phi) is 2.26. The van der Waals surface area contributed by atoms with E-state index in [2.05, 4.69) is 9.97 Å². The van der Waals surface area contributed by atoms with Crippen molar-refractivity contribution in [1.29, 1.82) is 0 Å². The van der Waals surface area contributed by atoms with Gasteiger partial charge in [-0.05, 0) is 24.3 Å². The van der Waals surface area contributed by atoms with Gasteiger partial charge < -0.3 is 4.42 Å². The molecule has 4 heteroatoms. The smallest absolute Gasteiger partial charge is 0.302 e. The van der Waals surface area contributed by atoms with E-state index < -0.39 is 0 Å². The average molecular weight is 225 g/mol. The number of anilines is 2. The molecule has 0 unspecified atom stereocenters. The standard InChI is InChI=1S/C13H11N3O/c1-16(10-5-4-8-14-9-10)13-15-11-6-2-3-7-12(11)17-13/h2-9H,1H3. The minimum absolute atomic E-state index is 0.569. The van der Waals surface area contributed by atoms with Crippen LogP contribution in [0.4, 0.5) is 11.7 Å². The Labute approximate surface area is 98.5 Å². The first kappa shape index (κ1) is 9.84. The van der Waals surface area contributed by atoms with Crippen LogP contribution in [0.25, 0.3) is 11.1 Å². The quantitative estimate of drug-likeness (QED) is 0.672. The summed E-state index contributed by atoms with van der Waals surface area (Å²) in [4.78, 5) is 10.4. The zero-order chi connectivity index (χ0) is 11.7. The topological polar surface area (TPSA) is 42.2 Å².